The van der Waals surface area contributed by atoms with E-state index < -0.39 is 0 Å². The van der Waals surface area contributed by atoms with Crippen LogP contribution in [0.3, 0.4) is 0 Å². The molecule has 0 unspecified atom stereocenters. The standard InChI is InChI=1S/C16H24N2O3/c1-20-11-3-10-17-15(19)18-12-16(8-9-16)13-4-6-14(21-2)7-5-13/h4-7H,3,8-12H2,1-2H3,(H2,17,18,19). The number of hydrogen-bond acceptors (Lipinski definition) is 3. The summed E-state index contributed by atoms with van der Waals surface area (Å²) < 4.78 is 10.1. The van der Waals surface area contributed by atoms with E-state index >= 15 is 0 Å². The molecule has 1 fully saturated rings. The van der Waals surface area contributed by atoms with Gasteiger partial charge in [-0.05, 0) is 37.0 Å². The molecule has 2 amide bonds. The lowest BCUT2D eigenvalue weighted by Gasteiger charge is -2.17. The van der Waals surface area contributed by atoms with Gasteiger partial charge in [0.05, 0.1) is 7.11 Å². The van der Waals surface area contributed by atoms with E-state index in [2.05, 4.69) is 22.8 Å². The number of urea groups is 1. The summed E-state index contributed by atoms with van der Waals surface area (Å²) in [4.78, 5) is 11.7. The highest BCUT2D eigenvalue weighted by Crippen LogP contribution is 2.47. The molecule has 116 valence electrons. The van der Waals surface area contributed by atoms with Crippen LogP contribution in [0.15, 0.2) is 24.3 Å². The first kappa shape index (κ1) is 15.6. The van der Waals surface area contributed by atoms with Crippen molar-refractivity contribution in [3.05, 3.63) is 29.8 Å². The maximum absolute atomic E-state index is 11.7. The summed E-state index contributed by atoms with van der Waals surface area (Å²) in [6.07, 6.45) is 3.06. The van der Waals surface area contributed by atoms with Crippen LogP contribution in [0.25, 0.3) is 0 Å². The third-order valence-corrected chi connectivity index (χ3v) is 3.95. The highest BCUT2D eigenvalue weighted by molar-refractivity contribution is 5.74. The molecule has 5 heteroatoms. The van der Waals surface area contributed by atoms with Crippen molar-refractivity contribution in [2.75, 3.05) is 33.9 Å². The Morgan fingerprint density at radius 1 is 1.19 bits per heavy atom. The number of benzene rings is 1. The van der Waals surface area contributed by atoms with Gasteiger partial charge in [-0.1, -0.05) is 12.1 Å². The molecule has 2 N–H and O–H groups in total. The van der Waals surface area contributed by atoms with Crippen molar-refractivity contribution in [1.82, 2.24) is 10.6 Å². The number of hydrogen-bond donors (Lipinski definition) is 2. The lowest BCUT2D eigenvalue weighted by Crippen LogP contribution is -2.40. The average Bonchev–Trinajstić information content (AvgIpc) is 3.31. The molecule has 1 saturated carbocycles. The zero-order valence-electron chi connectivity index (χ0n) is 12.8. The predicted molar refractivity (Wildman–Crippen MR) is 81.8 cm³/mol. The second kappa shape index (κ2) is 7.31. The first-order valence-electron chi connectivity index (χ1n) is 7.35. The molecular formula is C16H24N2O3. The van der Waals surface area contributed by atoms with E-state index in [0.29, 0.717) is 19.7 Å². The fourth-order valence-corrected chi connectivity index (χ4v) is 2.39. The highest BCUT2D eigenvalue weighted by atomic mass is 16.5. The zero-order valence-corrected chi connectivity index (χ0v) is 12.8. The minimum absolute atomic E-state index is 0.106. The van der Waals surface area contributed by atoms with E-state index in [1.165, 1.54) is 5.56 Å². The maximum atomic E-state index is 11.7. The van der Waals surface area contributed by atoms with Gasteiger partial charge in [0.25, 0.3) is 0 Å². The summed E-state index contributed by atoms with van der Waals surface area (Å²) in [6.45, 7) is 1.97. The van der Waals surface area contributed by atoms with E-state index in [1.54, 1.807) is 14.2 Å². The molecule has 1 aromatic carbocycles. The van der Waals surface area contributed by atoms with Gasteiger partial charge < -0.3 is 20.1 Å². The minimum Gasteiger partial charge on any atom is -0.497 e. The molecule has 0 aliphatic heterocycles. The summed E-state index contributed by atoms with van der Waals surface area (Å²) in [5.41, 5.74) is 1.37. The van der Waals surface area contributed by atoms with Crippen molar-refractivity contribution >= 4 is 6.03 Å². The third-order valence-electron chi connectivity index (χ3n) is 3.95. The van der Waals surface area contributed by atoms with Crippen molar-refractivity contribution in [1.29, 1.82) is 0 Å². The van der Waals surface area contributed by atoms with Gasteiger partial charge in [-0.3, -0.25) is 0 Å². The molecule has 0 heterocycles. The highest BCUT2D eigenvalue weighted by Gasteiger charge is 2.44. The summed E-state index contributed by atoms with van der Waals surface area (Å²) in [5.74, 6) is 0.860. The second-order valence-corrected chi connectivity index (χ2v) is 5.46. The number of carbonyl (C=O) groups is 1. The smallest absolute Gasteiger partial charge is 0.314 e. The summed E-state index contributed by atoms with van der Waals surface area (Å²) in [5, 5.41) is 5.80. The molecule has 1 aromatic rings. The third kappa shape index (κ3) is 4.36. The van der Waals surface area contributed by atoms with E-state index in [-0.39, 0.29) is 11.4 Å². The average molecular weight is 292 g/mol. The quantitative estimate of drug-likeness (QED) is 0.721. The summed E-state index contributed by atoms with van der Waals surface area (Å²) in [7, 11) is 3.32. The number of methoxy groups -OCH3 is 2. The Labute approximate surface area is 126 Å². The lowest BCUT2D eigenvalue weighted by molar-refractivity contribution is 0.193. The van der Waals surface area contributed by atoms with Crippen LogP contribution in [0.5, 0.6) is 5.75 Å². The Balaban J connectivity index is 1.77. The second-order valence-electron chi connectivity index (χ2n) is 5.46. The van der Waals surface area contributed by atoms with Crippen LogP contribution in [0.1, 0.15) is 24.8 Å². The molecule has 0 bridgehead atoms. The van der Waals surface area contributed by atoms with Crippen molar-refractivity contribution < 1.29 is 14.3 Å². The lowest BCUT2D eigenvalue weighted by atomic mass is 9.96. The first-order chi connectivity index (χ1) is 10.2. The summed E-state index contributed by atoms with van der Waals surface area (Å²) in [6, 6.07) is 8.01. The maximum Gasteiger partial charge on any atom is 0.314 e. The van der Waals surface area contributed by atoms with Crippen LogP contribution >= 0.6 is 0 Å². The Bertz CT molecular complexity index is 455. The SMILES string of the molecule is COCCCNC(=O)NCC1(c2ccc(OC)cc2)CC1. The normalized spacial score (nSPS) is 15.3. The molecule has 21 heavy (non-hydrogen) atoms. The number of carbonyl (C=O) groups excluding carboxylic acids is 1. The van der Waals surface area contributed by atoms with Gasteiger partial charge in [-0.2, -0.15) is 0 Å². The fourth-order valence-electron chi connectivity index (χ4n) is 2.39. The zero-order chi connectivity index (χ0) is 15.1. The number of ether oxygens (including phenoxy) is 2. The van der Waals surface area contributed by atoms with Crippen molar-refractivity contribution in [3.63, 3.8) is 0 Å². The number of nitrogens with one attached hydrogen (secondary N) is 2. The van der Waals surface area contributed by atoms with Crippen LogP contribution in [0.2, 0.25) is 0 Å². The predicted octanol–water partition coefficient (Wildman–Crippen LogP) is 2.06. The molecule has 0 saturated heterocycles. The summed E-state index contributed by atoms with van der Waals surface area (Å²) >= 11 is 0. The fraction of sp³-hybridized carbons (Fsp3) is 0.562. The van der Waals surface area contributed by atoms with Crippen LogP contribution < -0.4 is 15.4 Å². The topological polar surface area (TPSA) is 59.6 Å². The minimum atomic E-state index is -0.106. The van der Waals surface area contributed by atoms with Crippen molar-refractivity contribution in [2.24, 2.45) is 0 Å². The molecule has 0 spiro atoms. The Kier molecular flexibility index (Phi) is 5.44. The van der Waals surface area contributed by atoms with Crippen LogP contribution in [-0.2, 0) is 10.2 Å². The van der Waals surface area contributed by atoms with E-state index in [9.17, 15) is 4.79 Å². The molecule has 0 atom stereocenters. The first-order valence-corrected chi connectivity index (χ1v) is 7.35. The molecule has 0 radical (unpaired) electrons. The largest absolute Gasteiger partial charge is 0.497 e. The number of rotatable bonds is 8. The van der Waals surface area contributed by atoms with Crippen molar-refractivity contribution in [3.8, 4) is 5.75 Å². The van der Waals surface area contributed by atoms with Gasteiger partial charge in [0, 0.05) is 32.2 Å². The van der Waals surface area contributed by atoms with E-state index in [1.807, 2.05) is 12.1 Å². The van der Waals surface area contributed by atoms with Gasteiger partial charge in [-0.25, -0.2) is 4.79 Å². The van der Waals surface area contributed by atoms with Gasteiger partial charge in [-0.15, -0.1) is 0 Å². The van der Waals surface area contributed by atoms with Gasteiger partial charge in [0.15, 0.2) is 0 Å². The molecule has 5 nitrogen and oxygen atoms in total. The molecule has 2 rings (SSSR count). The monoisotopic (exact) mass is 292 g/mol. The van der Waals surface area contributed by atoms with Crippen LogP contribution in [-0.4, -0.2) is 39.9 Å². The van der Waals surface area contributed by atoms with Gasteiger partial charge >= 0.3 is 6.03 Å². The Morgan fingerprint density at radius 3 is 2.48 bits per heavy atom. The van der Waals surface area contributed by atoms with Crippen LogP contribution in [0.4, 0.5) is 4.79 Å². The molecule has 1 aliphatic carbocycles. The van der Waals surface area contributed by atoms with Crippen molar-refractivity contribution in [2.45, 2.75) is 24.7 Å². The van der Waals surface area contributed by atoms with E-state index in [4.69, 9.17) is 9.47 Å². The Morgan fingerprint density at radius 2 is 1.90 bits per heavy atom. The van der Waals surface area contributed by atoms with Gasteiger partial charge in [0.1, 0.15) is 5.75 Å². The molecule has 1 aliphatic rings. The van der Waals surface area contributed by atoms with Crippen LogP contribution in [0, 0.1) is 0 Å². The number of amides is 2. The Hall–Kier alpha value is -1.75. The van der Waals surface area contributed by atoms with E-state index in [0.717, 1.165) is 25.0 Å². The van der Waals surface area contributed by atoms with Gasteiger partial charge in [0.2, 0.25) is 0 Å². The molecule has 0 aromatic heterocycles. The molecular weight excluding hydrogens is 268 g/mol.